The fourth-order valence-corrected chi connectivity index (χ4v) is 4.02. The first-order valence-electron chi connectivity index (χ1n) is 9.28. The summed E-state index contributed by atoms with van der Waals surface area (Å²) >= 11 is 0. The second kappa shape index (κ2) is 7.00. The second-order valence-corrected chi connectivity index (χ2v) is 9.37. The minimum absolute atomic E-state index is 0.188. The van der Waals surface area contributed by atoms with Crippen LogP contribution in [-0.4, -0.2) is 41.8 Å². The molecule has 0 aliphatic heterocycles. The van der Waals surface area contributed by atoms with Crippen LogP contribution < -0.4 is 5.32 Å². The third-order valence-corrected chi connectivity index (χ3v) is 5.37. The number of ether oxygens (including phenoxy) is 1. The molecule has 0 saturated heterocycles. The van der Waals surface area contributed by atoms with E-state index in [4.69, 9.17) is 4.74 Å². The molecule has 2 aliphatic rings. The summed E-state index contributed by atoms with van der Waals surface area (Å²) < 4.78 is 5.48. The van der Waals surface area contributed by atoms with Crippen LogP contribution in [0.1, 0.15) is 79.6 Å². The molecule has 23 heavy (non-hydrogen) atoms. The van der Waals surface area contributed by atoms with Crippen LogP contribution in [0.15, 0.2) is 0 Å². The van der Waals surface area contributed by atoms with Crippen LogP contribution in [0.2, 0.25) is 0 Å². The fourth-order valence-electron chi connectivity index (χ4n) is 4.02. The predicted octanol–water partition coefficient (Wildman–Crippen LogP) is 4.33. The molecule has 1 atom stereocenters. The van der Waals surface area contributed by atoms with Gasteiger partial charge in [0.15, 0.2) is 0 Å². The third-order valence-electron chi connectivity index (χ3n) is 5.37. The van der Waals surface area contributed by atoms with Crippen LogP contribution >= 0.6 is 0 Å². The van der Waals surface area contributed by atoms with Crippen LogP contribution in [0.25, 0.3) is 0 Å². The average molecular weight is 325 g/mol. The Hall–Kier alpha value is -0.770. The summed E-state index contributed by atoms with van der Waals surface area (Å²) in [6.45, 7) is 10.5. The van der Waals surface area contributed by atoms with E-state index < -0.39 is 5.60 Å². The molecule has 0 radical (unpaired) electrons. The highest BCUT2D eigenvalue weighted by Crippen LogP contribution is 2.37. The molecule has 2 rings (SSSR count). The Labute approximate surface area is 142 Å². The predicted molar refractivity (Wildman–Crippen MR) is 94.6 cm³/mol. The van der Waals surface area contributed by atoms with Crippen molar-refractivity contribution >= 4 is 6.09 Å². The van der Waals surface area contributed by atoms with Crippen molar-refractivity contribution in [3.63, 3.8) is 0 Å². The molecule has 1 unspecified atom stereocenters. The Morgan fingerprint density at radius 2 is 1.70 bits per heavy atom. The summed E-state index contributed by atoms with van der Waals surface area (Å²) in [5, 5.41) is 3.87. The normalized spacial score (nSPS) is 31.0. The van der Waals surface area contributed by atoms with Gasteiger partial charge in [0.25, 0.3) is 0 Å². The number of hydrogen-bond donors (Lipinski definition) is 1. The molecule has 0 aromatic rings. The van der Waals surface area contributed by atoms with E-state index in [2.05, 4.69) is 19.2 Å². The molecule has 0 bridgehead atoms. The van der Waals surface area contributed by atoms with Gasteiger partial charge in [-0.2, -0.15) is 0 Å². The molecule has 4 heteroatoms. The van der Waals surface area contributed by atoms with Crippen molar-refractivity contribution in [1.29, 1.82) is 0 Å². The maximum absolute atomic E-state index is 12.2. The lowest BCUT2D eigenvalue weighted by Gasteiger charge is -2.36. The van der Waals surface area contributed by atoms with E-state index in [1.807, 2.05) is 27.8 Å². The number of hydrogen-bond acceptors (Lipinski definition) is 3. The minimum atomic E-state index is -0.417. The molecule has 0 aromatic carbocycles. The van der Waals surface area contributed by atoms with Crippen molar-refractivity contribution < 1.29 is 9.53 Å². The lowest BCUT2D eigenvalue weighted by Crippen LogP contribution is -2.46. The quantitative estimate of drug-likeness (QED) is 0.840. The van der Waals surface area contributed by atoms with Crippen LogP contribution in [0.4, 0.5) is 4.79 Å². The molecule has 4 nitrogen and oxygen atoms in total. The van der Waals surface area contributed by atoms with Crippen molar-refractivity contribution in [2.24, 2.45) is 5.41 Å². The first-order chi connectivity index (χ1) is 10.6. The zero-order chi connectivity index (χ0) is 17.3. The molecular formula is C19H36N2O2. The van der Waals surface area contributed by atoms with Gasteiger partial charge in [0.1, 0.15) is 5.60 Å². The second-order valence-electron chi connectivity index (χ2n) is 9.37. The van der Waals surface area contributed by atoms with Crippen LogP contribution in [0, 0.1) is 5.41 Å². The van der Waals surface area contributed by atoms with E-state index in [0.29, 0.717) is 23.5 Å². The van der Waals surface area contributed by atoms with Gasteiger partial charge >= 0.3 is 6.09 Å². The van der Waals surface area contributed by atoms with E-state index in [-0.39, 0.29) is 6.09 Å². The largest absolute Gasteiger partial charge is 0.444 e. The van der Waals surface area contributed by atoms with Crippen molar-refractivity contribution in [2.45, 2.75) is 103 Å². The van der Waals surface area contributed by atoms with E-state index in [0.717, 1.165) is 25.7 Å². The number of rotatable bonds is 3. The zero-order valence-electron chi connectivity index (χ0n) is 15.9. The van der Waals surface area contributed by atoms with Crippen LogP contribution in [0.5, 0.6) is 0 Å². The van der Waals surface area contributed by atoms with Crippen LogP contribution in [0.3, 0.4) is 0 Å². The molecule has 1 amide bonds. The monoisotopic (exact) mass is 324 g/mol. The number of carbonyl (C=O) groups excluding carboxylic acids is 1. The third kappa shape index (κ3) is 5.66. The first-order valence-corrected chi connectivity index (χ1v) is 9.28. The number of amides is 1. The highest BCUT2D eigenvalue weighted by Gasteiger charge is 2.34. The van der Waals surface area contributed by atoms with Gasteiger partial charge < -0.3 is 15.0 Å². The van der Waals surface area contributed by atoms with Gasteiger partial charge in [0.2, 0.25) is 0 Å². The molecule has 2 aliphatic carbocycles. The minimum Gasteiger partial charge on any atom is -0.444 e. The maximum atomic E-state index is 12.2. The fraction of sp³-hybridized carbons (Fsp3) is 0.947. The molecule has 2 saturated carbocycles. The van der Waals surface area contributed by atoms with Crippen molar-refractivity contribution in [1.82, 2.24) is 10.2 Å². The molecule has 2 fully saturated rings. The summed E-state index contributed by atoms with van der Waals surface area (Å²) in [6, 6.07) is 1.63. The maximum Gasteiger partial charge on any atom is 0.410 e. The van der Waals surface area contributed by atoms with Gasteiger partial charge in [-0.25, -0.2) is 4.79 Å². The summed E-state index contributed by atoms with van der Waals surface area (Å²) in [5.41, 5.74) is 0.0885. The average Bonchev–Trinajstić information content (AvgIpc) is 2.76. The summed E-state index contributed by atoms with van der Waals surface area (Å²) in [7, 11) is 1.88. The van der Waals surface area contributed by atoms with Gasteiger partial charge in [-0.05, 0) is 71.1 Å². The van der Waals surface area contributed by atoms with Gasteiger partial charge in [-0.3, -0.25) is 0 Å². The van der Waals surface area contributed by atoms with Gasteiger partial charge in [-0.1, -0.05) is 13.8 Å². The van der Waals surface area contributed by atoms with E-state index in [9.17, 15) is 4.79 Å². The molecule has 0 aromatic heterocycles. The van der Waals surface area contributed by atoms with E-state index in [1.165, 1.54) is 19.3 Å². The Morgan fingerprint density at radius 1 is 1.09 bits per heavy atom. The molecule has 0 spiro atoms. The number of nitrogens with one attached hydrogen (secondary N) is 1. The summed E-state index contributed by atoms with van der Waals surface area (Å²) in [6.07, 6.45) is 8.22. The Balaban J connectivity index is 1.74. The number of carbonyl (C=O) groups is 1. The van der Waals surface area contributed by atoms with Crippen LogP contribution in [-0.2, 0) is 4.74 Å². The Bertz CT molecular complexity index is 406. The smallest absolute Gasteiger partial charge is 0.410 e. The van der Waals surface area contributed by atoms with Gasteiger partial charge in [0, 0.05) is 25.2 Å². The summed E-state index contributed by atoms with van der Waals surface area (Å²) in [4.78, 5) is 14.0. The van der Waals surface area contributed by atoms with E-state index >= 15 is 0 Å². The molecular weight excluding hydrogens is 288 g/mol. The standard InChI is InChI=1S/C19H36N2O2/c1-18(2,3)23-17(22)21(6)16-9-7-14(8-10-16)20-15-11-12-19(4,5)13-15/h14-16,20H,7-13H2,1-6H3. The Morgan fingerprint density at radius 3 is 2.17 bits per heavy atom. The molecule has 134 valence electrons. The van der Waals surface area contributed by atoms with Gasteiger partial charge in [-0.15, -0.1) is 0 Å². The highest BCUT2D eigenvalue weighted by molar-refractivity contribution is 5.68. The lowest BCUT2D eigenvalue weighted by atomic mass is 9.89. The highest BCUT2D eigenvalue weighted by atomic mass is 16.6. The lowest BCUT2D eigenvalue weighted by molar-refractivity contribution is 0.0178. The number of nitrogens with zero attached hydrogens (tertiary/aromatic N) is 1. The zero-order valence-corrected chi connectivity index (χ0v) is 15.9. The SMILES string of the molecule is CN(C(=O)OC(C)(C)C)C1CCC(NC2CCC(C)(C)C2)CC1. The topological polar surface area (TPSA) is 41.6 Å². The molecule has 0 heterocycles. The molecule has 1 N–H and O–H groups in total. The summed E-state index contributed by atoms with van der Waals surface area (Å²) in [5.74, 6) is 0. The van der Waals surface area contributed by atoms with Crippen molar-refractivity contribution in [3.8, 4) is 0 Å². The Kier molecular flexibility index (Phi) is 5.65. The van der Waals surface area contributed by atoms with Crippen molar-refractivity contribution in [2.75, 3.05) is 7.05 Å². The van der Waals surface area contributed by atoms with Gasteiger partial charge in [0.05, 0.1) is 0 Å². The van der Waals surface area contributed by atoms with Crippen molar-refractivity contribution in [3.05, 3.63) is 0 Å². The first kappa shape index (κ1) is 18.6. The van der Waals surface area contributed by atoms with E-state index in [1.54, 1.807) is 4.90 Å².